The second-order valence-electron chi connectivity index (χ2n) is 3.45. The van der Waals surface area contributed by atoms with Gasteiger partial charge < -0.3 is 4.90 Å². The van der Waals surface area contributed by atoms with Crippen molar-refractivity contribution in [2.45, 2.75) is 13.5 Å². The zero-order chi connectivity index (χ0) is 12.3. The van der Waals surface area contributed by atoms with E-state index in [1.807, 2.05) is 0 Å². The van der Waals surface area contributed by atoms with E-state index in [1.54, 1.807) is 0 Å². The standard InChI is InChI=1S/C11H11ClFNO2/c1-7(15)11(16)14(2)6-8-5-9(12)3-4-10(8)13/h3-5H,6H2,1-2H3. The quantitative estimate of drug-likeness (QED) is 0.762. The Morgan fingerprint density at radius 2 is 2.06 bits per heavy atom. The summed E-state index contributed by atoms with van der Waals surface area (Å²) in [6.45, 7) is 1.19. The highest BCUT2D eigenvalue weighted by atomic mass is 35.5. The molecule has 0 radical (unpaired) electrons. The number of hydrogen-bond acceptors (Lipinski definition) is 2. The molecule has 0 aliphatic heterocycles. The fourth-order valence-corrected chi connectivity index (χ4v) is 1.46. The second-order valence-corrected chi connectivity index (χ2v) is 3.89. The van der Waals surface area contributed by atoms with Gasteiger partial charge in [0, 0.05) is 31.1 Å². The van der Waals surface area contributed by atoms with Crippen LogP contribution in [0.25, 0.3) is 0 Å². The number of carbonyl (C=O) groups is 2. The highest BCUT2D eigenvalue weighted by Crippen LogP contribution is 2.16. The number of amides is 1. The maximum atomic E-state index is 13.3. The fourth-order valence-electron chi connectivity index (χ4n) is 1.26. The first kappa shape index (κ1) is 12.6. The van der Waals surface area contributed by atoms with E-state index in [0.29, 0.717) is 5.02 Å². The van der Waals surface area contributed by atoms with Gasteiger partial charge in [-0.05, 0) is 18.2 Å². The summed E-state index contributed by atoms with van der Waals surface area (Å²) < 4.78 is 13.3. The van der Waals surface area contributed by atoms with Crippen LogP contribution in [0.3, 0.4) is 0 Å². The van der Waals surface area contributed by atoms with Crippen molar-refractivity contribution >= 4 is 23.3 Å². The lowest BCUT2D eigenvalue weighted by Crippen LogP contribution is -2.31. The molecule has 0 fully saturated rings. The van der Waals surface area contributed by atoms with Gasteiger partial charge >= 0.3 is 0 Å². The SMILES string of the molecule is CC(=O)C(=O)N(C)Cc1cc(Cl)ccc1F. The summed E-state index contributed by atoms with van der Waals surface area (Å²) in [5.74, 6) is -1.68. The molecule has 0 atom stereocenters. The Hall–Kier alpha value is -1.42. The molecule has 5 heteroatoms. The Labute approximate surface area is 97.8 Å². The molecule has 0 heterocycles. The van der Waals surface area contributed by atoms with Crippen molar-refractivity contribution in [3.05, 3.63) is 34.6 Å². The van der Waals surface area contributed by atoms with E-state index in [1.165, 1.54) is 32.2 Å². The smallest absolute Gasteiger partial charge is 0.289 e. The summed E-state index contributed by atoms with van der Waals surface area (Å²) in [5, 5.41) is 0.389. The van der Waals surface area contributed by atoms with Gasteiger partial charge in [0.25, 0.3) is 5.91 Å². The predicted octanol–water partition coefficient (Wildman–Crippen LogP) is 2.03. The fraction of sp³-hybridized carbons (Fsp3) is 0.273. The number of Topliss-reactive ketones (excluding diaryl/α,β-unsaturated/α-hetero) is 1. The molecule has 0 bridgehead atoms. The molecule has 0 saturated carbocycles. The summed E-state index contributed by atoms with van der Waals surface area (Å²) in [5.41, 5.74) is 0.282. The van der Waals surface area contributed by atoms with E-state index in [2.05, 4.69) is 0 Å². The van der Waals surface area contributed by atoms with Crippen LogP contribution in [0.4, 0.5) is 4.39 Å². The summed E-state index contributed by atoms with van der Waals surface area (Å²) >= 11 is 5.71. The minimum atomic E-state index is -0.653. The van der Waals surface area contributed by atoms with Crippen LogP contribution in [0.2, 0.25) is 5.02 Å². The van der Waals surface area contributed by atoms with Gasteiger partial charge in [-0.15, -0.1) is 0 Å². The first-order valence-electron chi connectivity index (χ1n) is 4.61. The van der Waals surface area contributed by atoms with E-state index >= 15 is 0 Å². The molecule has 1 rings (SSSR count). The second kappa shape index (κ2) is 5.07. The lowest BCUT2D eigenvalue weighted by Gasteiger charge is -2.15. The molecule has 86 valence electrons. The van der Waals surface area contributed by atoms with Crippen LogP contribution in [-0.4, -0.2) is 23.6 Å². The topological polar surface area (TPSA) is 37.4 Å². The molecular weight excluding hydrogens is 233 g/mol. The first-order chi connectivity index (χ1) is 7.41. The zero-order valence-corrected chi connectivity index (χ0v) is 9.71. The molecule has 16 heavy (non-hydrogen) atoms. The van der Waals surface area contributed by atoms with Crippen LogP contribution in [-0.2, 0) is 16.1 Å². The van der Waals surface area contributed by atoms with Gasteiger partial charge in [-0.2, -0.15) is 0 Å². The van der Waals surface area contributed by atoms with Gasteiger partial charge in [0.1, 0.15) is 5.82 Å². The molecule has 0 unspecified atom stereocenters. The summed E-state index contributed by atoms with van der Waals surface area (Å²) in [7, 11) is 1.43. The molecular formula is C11H11ClFNO2. The highest BCUT2D eigenvalue weighted by molar-refractivity contribution is 6.35. The predicted molar refractivity (Wildman–Crippen MR) is 58.6 cm³/mol. The normalized spacial score (nSPS) is 10.0. The number of nitrogens with zero attached hydrogens (tertiary/aromatic N) is 1. The molecule has 0 aliphatic rings. The number of benzene rings is 1. The Bertz CT molecular complexity index is 434. The Balaban J connectivity index is 2.84. The van der Waals surface area contributed by atoms with Crippen molar-refractivity contribution < 1.29 is 14.0 Å². The lowest BCUT2D eigenvalue weighted by atomic mass is 10.2. The van der Waals surface area contributed by atoms with E-state index in [-0.39, 0.29) is 12.1 Å². The molecule has 0 aliphatic carbocycles. The van der Waals surface area contributed by atoms with E-state index in [0.717, 1.165) is 4.90 Å². The van der Waals surface area contributed by atoms with Crippen LogP contribution in [0.5, 0.6) is 0 Å². The van der Waals surface area contributed by atoms with Gasteiger partial charge in [0.15, 0.2) is 0 Å². The van der Waals surface area contributed by atoms with Crippen LogP contribution < -0.4 is 0 Å². The van der Waals surface area contributed by atoms with Crippen LogP contribution in [0.15, 0.2) is 18.2 Å². The van der Waals surface area contributed by atoms with Gasteiger partial charge in [0.2, 0.25) is 5.78 Å². The maximum absolute atomic E-state index is 13.3. The van der Waals surface area contributed by atoms with Gasteiger partial charge in [-0.25, -0.2) is 4.39 Å². The average molecular weight is 244 g/mol. The minimum absolute atomic E-state index is 0.0187. The summed E-state index contributed by atoms with van der Waals surface area (Å²) in [6.07, 6.45) is 0. The Morgan fingerprint density at radius 1 is 1.44 bits per heavy atom. The van der Waals surface area contributed by atoms with Crippen LogP contribution in [0.1, 0.15) is 12.5 Å². The van der Waals surface area contributed by atoms with Gasteiger partial charge in [-0.1, -0.05) is 11.6 Å². The molecule has 1 amide bonds. The molecule has 1 aromatic carbocycles. The van der Waals surface area contributed by atoms with E-state index in [9.17, 15) is 14.0 Å². The third-order valence-electron chi connectivity index (χ3n) is 2.06. The number of likely N-dealkylation sites (N-methyl/N-ethyl adjacent to an activating group) is 1. The van der Waals surface area contributed by atoms with Crippen LogP contribution in [0, 0.1) is 5.82 Å². The van der Waals surface area contributed by atoms with Crippen molar-refractivity contribution in [1.29, 1.82) is 0 Å². The number of rotatable bonds is 3. The highest BCUT2D eigenvalue weighted by Gasteiger charge is 2.15. The van der Waals surface area contributed by atoms with Crippen molar-refractivity contribution in [3.63, 3.8) is 0 Å². The lowest BCUT2D eigenvalue weighted by molar-refractivity contribution is -0.143. The monoisotopic (exact) mass is 243 g/mol. The van der Waals surface area contributed by atoms with E-state index in [4.69, 9.17) is 11.6 Å². The zero-order valence-electron chi connectivity index (χ0n) is 8.96. The Kier molecular flexibility index (Phi) is 4.01. The third kappa shape index (κ3) is 3.03. The molecule has 3 nitrogen and oxygen atoms in total. The van der Waals surface area contributed by atoms with Crippen molar-refractivity contribution in [3.8, 4) is 0 Å². The van der Waals surface area contributed by atoms with Gasteiger partial charge in [-0.3, -0.25) is 9.59 Å². The first-order valence-corrected chi connectivity index (χ1v) is 4.99. The van der Waals surface area contributed by atoms with Crippen LogP contribution >= 0.6 is 11.6 Å². The number of carbonyl (C=O) groups excluding carboxylic acids is 2. The molecule has 0 N–H and O–H groups in total. The number of halogens is 2. The van der Waals surface area contributed by atoms with E-state index < -0.39 is 17.5 Å². The minimum Gasteiger partial charge on any atom is -0.335 e. The molecule has 0 saturated heterocycles. The largest absolute Gasteiger partial charge is 0.335 e. The third-order valence-corrected chi connectivity index (χ3v) is 2.30. The average Bonchev–Trinajstić information content (AvgIpc) is 2.22. The van der Waals surface area contributed by atoms with Gasteiger partial charge in [0.05, 0.1) is 0 Å². The van der Waals surface area contributed by atoms with Crippen molar-refractivity contribution in [1.82, 2.24) is 4.90 Å². The maximum Gasteiger partial charge on any atom is 0.289 e. The molecule has 1 aromatic rings. The van der Waals surface area contributed by atoms with Crippen molar-refractivity contribution in [2.24, 2.45) is 0 Å². The number of hydrogen-bond donors (Lipinski definition) is 0. The molecule has 0 aromatic heterocycles. The summed E-state index contributed by atoms with van der Waals surface area (Å²) in [4.78, 5) is 23.2. The summed E-state index contributed by atoms with van der Waals surface area (Å²) in [6, 6.07) is 4.08. The number of ketones is 1. The molecule has 0 spiro atoms. The van der Waals surface area contributed by atoms with Crippen molar-refractivity contribution in [2.75, 3.05) is 7.05 Å². The Morgan fingerprint density at radius 3 is 2.62 bits per heavy atom.